The number of rotatable bonds is 7. The van der Waals surface area contributed by atoms with E-state index in [0.29, 0.717) is 0 Å². The van der Waals surface area contributed by atoms with E-state index in [0.717, 1.165) is 74.0 Å². The fraction of sp³-hybridized carbons (Fsp3) is 0.478. The van der Waals surface area contributed by atoms with Crippen molar-refractivity contribution in [1.29, 1.82) is 0 Å². The molecule has 2 heterocycles. The molecule has 7 heteroatoms. The molecule has 0 bridgehead atoms. The van der Waals surface area contributed by atoms with Gasteiger partial charge in [-0.25, -0.2) is 4.98 Å². The minimum Gasteiger partial charge on any atom is -0.385 e. The molecule has 2 aliphatic rings. The third kappa shape index (κ3) is 4.36. The largest absolute Gasteiger partial charge is 0.385 e. The van der Waals surface area contributed by atoms with Crippen LogP contribution in [-0.2, 0) is 9.53 Å². The lowest BCUT2D eigenvalue weighted by molar-refractivity contribution is -0.107. The van der Waals surface area contributed by atoms with Gasteiger partial charge in [-0.1, -0.05) is 12.8 Å². The molecule has 2 fully saturated rings. The first-order chi connectivity index (χ1) is 14.7. The van der Waals surface area contributed by atoms with Crippen molar-refractivity contribution in [3.8, 4) is 0 Å². The smallest absolute Gasteiger partial charge is 0.214 e. The Morgan fingerprint density at radius 1 is 1.17 bits per heavy atom. The molecule has 0 radical (unpaired) electrons. The summed E-state index contributed by atoms with van der Waals surface area (Å²) in [5, 5.41) is 6.61. The Morgan fingerprint density at radius 2 is 1.93 bits per heavy atom. The van der Waals surface area contributed by atoms with Crippen LogP contribution in [0.4, 0.5) is 28.6 Å². The van der Waals surface area contributed by atoms with Crippen molar-refractivity contribution in [2.75, 3.05) is 53.8 Å². The normalized spacial score (nSPS) is 17.1. The monoisotopic (exact) mass is 409 g/mol. The highest BCUT2D eigenvalue weighted by molar-refractivity contribution is 5.86. The van der Waals surface area contributed by atoms with Crippen LogP contribution in [0, 0.1) is 6.92 Å². The van der Waals surface area contributed by atoms with Gasteiger partial charge in [0.25, 0.3) is 0 Å². The molecule has 1 aliphatic heterocycles. The average molecular weight is 410 g/mol. The quantitative estimate of drug-likeness (QED) is 0.676. The molecule has 7 nitrogen and oxygen atoms in total. The van der Waals surface area contributed by atoms with Crippen LogP contribution in [0.15, 0.2) is 30.5 Å². The Labute approximate surface area is 178 Å². The summed E-state index contributed by atoms with van der Waals surface area (Å²) in [5.41, 5.74) is 5.12. The van der Waals surface area contributed by atoms with Gasteiger partial charge in [-0.05, 0) is 43.5 Å². The predicted molar refractivity (Wildman–Crippen MR) is 122 cm³/mol. The Bertz CT molecular complexity index is 876. The van der Waals surface area contributed by atoms with E-state index in [1.54, 1.807) is 6.20 Å². The second-order valence-corrected chi connectivity index (χ2v) is 8.01. The summed E-state index contributed by atoms with van der Waals surface area (Å²) in [7, 11) is 1.86. The van der Waals surface area contributed by atoms with Crippen molar-refractivity contribution in [2.45, 2.75) is 38.6 Å². The summed E-state index contributed by atoms with van der Waals surface area (Å²) in [5.74, 6) is 0.732. The van der Waals surface area contributed by atoms with Gasteiger partial charge in [-0.2, -0.15) is 0 Å². The second kappa shape index (κ2) is 9.34. The molecule has 0 atom stereocenters. The predicted octanol–water partition coefficient (Wildman–Crippen LogP) is 3.92. The number of hydrogen-bond acceptors (Lipinski definition) is 6. The third-order valence-corrected chi connectivity index (χ3v) is 6.11. The highest BCUT2D eigenvalue weighted by Crippen LogP contribution is 2.34. The summed E-state index contributed by atoms with van der Waals surface area (Å²) in [6, 6.07) is 8.67. The average Bonchev–Trinajstić information content (AvgIpc) is 3.31. The van der Waals surface area contributed by atoms with Gasteiger partial charge in [-0.15, -0.1) is 0 Å². The minimum atomic E-state index is 0.263. The zero-order chi connectivity index (χ0) is 20.9. The van der Waals surface area contributed by atoms with Gasteiger partial charge < -0.3 is 25.2 Å². The lowest BCUT2D eigenvalue weighted by Gasteiger charge is -2.29. The maximum absolute atomic E-state index is 11.9. The Morgan fingerprint density at radius 3 is 2.60 bits per heavy atom. The lowest BCUT2D eigenvalue weighted by atomic mass is 10.1. The van der Waals surface area contributed by atoms with E-state index in [-0.39, 0.29) is 6.04 Å². The van der Waals surface area contributed by atoms with Crippen molar-refractivity contribution in [3.05, 3.63) is 36.0 Å². The highest BCUT2D eigenvalue weighted by atomic mass is 16.5. The SMILES string of the molecule is CNc1cnc(Nc2ccc(N3CCOCC3)cc2C)cc1N(C=O)C1CCCC1. The van der Waals surface area contributed by atoms with Gasteiger partial charge in [-0.3, -0.25) is 4.79 Å². The molecule has 1 aromatic heterocycles. The van der Waals surface area contributed by atoms with Crippen molar-refractivity contribution >= 4 is 35.0 Å². The molecule has 2 N–H and O–H groups in total. The van der Waals surface area contributed by atoms with Crippen molar-refractivity contribution in [2.24, 2.45) is 0 Å². The van der Waals surface area contributed by atoms with E-state index in [4.69, 9.17) is 4.74 Å². The first kappa shape index (κ1) is 20.5. The molecule has 0 spiro atoms. The minimum absolute atomic E-state index is 0.263. The van der Waals surface area contributed by atoms with Crippen LogP contribution < -0.4 is 20.4 Å². The van der Waals surface area contributed by atoms with E-state index < -0.39 is 0 Å². The molecule has 4 rings (SSSR count). The highest BCUT2D eigenvalue weighted by Gasteiger charge is 2.25. The molecule has 1 amide bonds. The molecular formula is C23H31N5O2. The standard InChI is InChI=1S/C23H31N5O2/c1-17-13-19(27-9-11-30-12-10-27)7-8-20(17)26-23-14-22(21(24-2)15-25-23)28(16-29)18-5-3-4-6-18/h7-8,13-16,18,24H,3-6,9-12H2,1-2H3,(H,25,26). The van der Waals surface area contributed by atoms with Crippen LogP contribution in [0.2, 0.25) is 0 Å². The van der Waals surface area contributed by atoms with E-state index in [1.807, 2.05) is 18.0 Å². The molecule has 30 heavy (non-hydrogen) atoms. The lowest BCUT2D eigenvalue weighted by Crippen LogP contribution is -2.36. The van der Waals surface area contributed by atoms with Crippen molar-refractivity contribution < 1.29 is 9.53 Å². The van der Waals surface area contributed by atoms with Crippen molar-refractivity contribution in [1.82, 2.24) is 4.98 Å². The van der Waals surface area contributed by atoms with Gasteiger partial charge in [0, 0.05) is 43.6 Å². The maximum Gasteiger partial charge on any atom is 0.214 e. The van der Waals surface area contributed by atoms with Gasteiger partial charge in [0.15, 0.2) is 0 Å². The molecule has 1 aliphatic carbocycles. The fourth-order valence-corrected chi connectivity index (χ4v) is 4.39. The number of benzene rings is 1. The number of nitrogens with one attached hydrogen (secondary N) is 2. The van der Waals surface area contributed by atoms with E-state index in [9.17, 15) is 4.79 Å². The van der Waals surface area contributed by atoms with E-state index >= 15 is 0 Å². The second-order valence-electron chi connectivity index (χ2n) is 8.01. The summed E-state index contributed by atoms with van der Waals surface area (Å²) in [6.45, 7) is 5.50. The summed E-state index contributed by atoms with van der Waals surface area (Å²) in [6.07, 6.45) is 7.20. The van der Waals surface area contributed by atoms with Crippen LogP contribution in [0.25, 0.3) is 0 Å². The molecule has 1 aromatic carbocycles. The fourth-order valence-electron chi connectivity index (χ4n) is 4.39. The molecule has 1 saturated heterocycles. The number of aryl methyl sites for hydroxylation is 1. The van der Waals surface area contributed by atoms with Gasteiger partial charge >= 0.3 is 0 Å². The van der Waals surface area contributed by atoms with Gasteiger partial charge in [0.1, 0.15) is 5.82 Å². The van der Waals surface area contributed by atoms with Crippen LogP contribution in [0.3, 0.4) is 0 Å². The van der Waals surface area contributed by atoms with Crippen molar-refractivity contribution in [3.63, 3.8) is 0 Å². The summed E-state index contributed by atoms with van der Waals surface area (Å²) < 4.78 is 5.45. The van der Waals surface area contributed by atoms with Gasteiger partial charge in [0.05, 0.1) is 30.8 Å². The first-order valence-electron chi connectivity index (χ1n) is 10.8. The number of nitrogens with zero attached hydrogens (tertiary/aromatic N) is 3. The number of carbonyl (C=O) groups is 1. The summed E-state index contributed by atoms with van der Waals surface area (Å²) in [4.78, 5) is 20.7. The number of hydrogen-bond donors (Lipinski definition) is 2. The Hall–Kier alpha value is -2.80. The third-order valence-electron chi connectivity index (χ3n) is 6.11. The number of carbonyl (C=O) groups excluding carboxylic acids is 1. The first-order valence-corrected chi connectivity index (χ1v) is 10.8. The number of pyridine rings is 1. The molecular weight excluding hydrogens is 378 g/mol. The number of morpholine rings is 1. The number of ether oxygens (including phenoxy) is 1. The van der Waals surface area contributed by atoms with Crippen LogP contribution in [-0.4, -0.2) is 50.8 Å². The Kier molecular flexibility index (Phi) is 6.38. The molecule has 1 saturated carbocycles. The summed E-state index contributed by atoms with van der Waals surface area (Å²) >= 11 is 0. The van der Waals surface area contributed by atoms with Crippen LogP contribution in [0.5, 0.6) is 0 Å². The van der Waals surface area contributed by atoms with Gasteiger partial charge in [0.2, 0.25) is 6.41 Å². The number of aromatic nitrogens is 1. The number of amides is 1. The molecule has 160 valence electrons. The topological polar surface area (TPSA) is 69.7 Å². The van der Waals surface area contributed by atoms with Crippen LogP contribution in [0.1, 0.15) is 31.2 Å². The number of anilines is 5. The molecule has 0 unspecified atom stereocenters. The van der Waals surface area contributed by atoms with Crippen LogP contribution >= 0.6 is 0 Å². The Balaban J connectivity index is 1.56. The zero-order valence-electron chi connectivity index (χ0n) is 17.9. The van der Waals surface area contributed by atoms with E-state index in [1.165, 1.54) is 18.5 Å². The molecule has 2 aromatic rings. The maximum atomic E-state index is 11.9. The zero-order valence-corrected chi connectivity index (χ0v) is 17.9. The van der Waals surface area contributed by atoms with E-state index in [2.05, 4.69) is 45.6 Å².